The summed E-state index contributed by atoms with van der Waals surface area (Å²) in [6.07, 6.45) is 4.47. The van der Waals surface area contributed by atoms with Gasteiger partial charge in [0.2, 0.25) is 11.6 Å². The second-order valence-electron chi connectivity index (χ2n) is 6.68. The summed E-state index contributed by atoms with van der Waals surface area (Å²) in [5.41, 5.74) is -0.134. The maximum atomic E-state index is 11.9. The van der Waals surface area contributed by atoms with Crippen LogP contribution in [0.15, 0.2) is 6.33 Å². The first-order valence-corrected chi connectivity index (χ1v) is 9.36. The Labute approximate surface area is 157 Å². The Bertz CT molecular complexity index is 672. The van der Waals surface area contributed by atoms with Crippen LogP contribution in [-0.2, 0) is 14.3 Å². The molecule has 3 rings (SSSR count). The van der Waals surface area contributed by atoms with Crippen LogP contribution in [0, 0.1) is 16.0 Å². The van der Waals surface area contributed by atoms with Gasteiger partial charge in [-0.1, -0.05) is 0 Å². The molecular formula is C17H25N5O5. The molecule has 0 saturated carbocycles. The zero-order chi connectivity index (χ0) is 19.2. The Morgan fingerprint density at radius 1 is 1.41 bits per heavy atom. The molecule has 1 atom stereocenters. The van der Waals surface area contributed by atoms with Crippen LogP contribution in [0.5, 0.6) is 0 Å². The fourth-order valence-electron chi connectivity index (χ4n) is 3.50. The third-order valence-electron chi connectivity index (χ3n) is 4.92. The Morgan fingerprint density at radius 3 is 2.81 bits per heavy atom. The molecule has 148 valence electrons. The van der Waals surface area contributed by atoms with Crippen LogP contribution in [0.25, 0.3) is 0 Å². The molecule has 2 fully saturated rings. The van der Waals surface area contributed by atoms with Gasteiger partial charge >= 0.3 is 11.7 Å². The second-order valence-corrected chi connectivity index (χ2v) is 6.68. The van der Waals surface area contributed by atoms with Crippen molar-refractivity contribution in [2.75, 3.05) is 43.1 Å². The van der Waals surface area contributed by atoms with Crippen molar-refractivity contribution in [2.45, 2.75) is 38.7 Å². The van der Waals surface area contributed by atoms with E-state index in [9.17, 15) is 14.9 Å². The van der Waals surface area contributed by atoms with Crippen molar-refractivity contribution >= 4 is 23.3 Å². The van der Waals surface area contributed by atoms with Gasteiger partial charge in [-0.3, -0.25) is 14.9 Å². The number of nitrogens with one attached hydrogen (secondary N) is 1. The quantitative estimate of drug-likeness (QED) is 0.429. The number of ether oxygens (including phenoxy) is 2. The molecule has 2 saturated heterocycles. The van der Waals surface area contributed by atoms with Crippen molar-refractivity contribution in [1.82, 2.24) is 9.97 Å². The Hall–Kier alpha value is -2.49. The number of nitrogens with zero attached hydrogens (tertiary/aromatic N) is 4. The van der Waals surface area contributed by atoms with Crippen LogP contribution in [-0.4, -0.2) is 59.8 Å². The molecule has 27 heavy (non-hydrogen) atoms. The number of nitro groups is 1. The van der Waals surface area contributed by atoms with Gasteiger partial charge in [0.1, 0.15) is 6.33 Å². The Balaban J connectivity index is 1.70. The second kappa shape index (κ2) is 8.94. The molecule has 0 aliphatic carbocycles. The fourth-order valence-corrected chi connectivity index (χ4v) is 3.50. The predicted molar refractivity (Wildman–Crippen MR) is 97.7 cm³/mol. The van der Waals surface area contributed by atoms with Crippen LogP contribution < -0.4 is 10.2 Å². The minimum absolute atomic E-state index is 0.0448. The first-order chi connectivity index (χ1) is 13.1. The van der Waals surface area contributed by atoms with Crippen molar-refractivity contribution in [3.63, 3.8) is 0 Å². The summed E-state index contributed by atoms with van der Waals surface area (Å²) in [6, 6.07) is 0. The topological polar surface area (TPSA) is 120 Å². The average Bonchev–Trinajstić information content (AvgIpc) is 3.20. The molecule has 2 aliphatic heterocycles. The number of esters is 1. The van der Waals surface area contributed by atoms with Crippen LogP contribution in [0.2, 0.25) is 0 Å². The normalized spacial score (nSPS) is 20.5. The fraction of sp³-hybridized carbons (Fsp3) is 0.706. The number of carbonyl (C=O) groups is 1. The summed E-state index contributed by atoms with van der Waals surface area (Å²) in [5, 5.41) is 14.7. The number of hydrogen-bond acceptors (Lipinski definition) is 9. The summed E-state index contributed by atoms with van der Waals surface area (Å²) >= 11 is 0. The van der Waals surface area contributed by atoms with E-state index in [1.165, 1.54) is 6.33 Å². The smallest absolute Gasteiger partial charge is 0.353 e. The monoisotopic (exact) mass is 379 g/mol. The Morgan fingerprint density at radius 2 is 2.19 bits per heavy atom. The van der Waals surface area contributed by atoms with E-state index >= 15 is 0 Å². The van der Waals surface area contributed by atoms with E-state index in [-0.39, 0.29) is 35.3 Å². The van der Waals surface area contributed by atoms with Gasteiger partial charge in [0.05, 0.1) is 23.6 Å². The van der Waals surface area contributed by atoms with Crippen LogP contribution in [0.1, 0.15) is 32.6 Å². The SMILES string of the molecule is CCOC(=O)C1CCN(c2ncnc(NCC3CCCO3)c2[N+](=O)[O-])CC1. The number of hydrogen-bond donors (Lipinski definition) is 1. The molecule has 0 bridgehead atoms. The maximum absolute atomic E-state index is 11.9. The molecule has 1 aromatic heterocycles. The van der Waals surface area contributed by atoms with Crippen molar-refractivity contribution in [3.8, 4) is 0 Å². The molecule has 0 radical (unpaired) electrons. The maximum Gasteiger partial charge on any atom is 0.353 e. The van der Waals surface area contributed by atoms with E-state index < -0.39 is 4.92 Å². The largest absolute Gasteiger partial charge is 0.466 e. The zero-order valence-corrected chi connectivity index (χ0v) is 15.4. The standard InChI is InChI=1S/C17H25N5O5/c1-2-26-17(23)12-5-7-21(8-6-12)16-14(22(24)25)15(19-11-20-16)18-10-13-4-3-9-27-13/h11-13H,2-10H2,1H3,(H,18,19,20). The van der Waals surface area contributed by atoms with Crippen molar-refractivity contribution in [3.05, 3.63) is 16.4 Å². The lowest BCUT2D eigenvalue weighted by Gasteiger charge is -2.31. The molecule has 1 N–H and O–H groups in total. The third kappa shape index (κ3) is 4.62. The molecule has 0 spiro atoms. The lowest BCUT2D eigenvalue weighted by molar-refractivity contribution is -0.383. The van der Waals surface area contributed by atoms with E-state index in [1.807, 2.05) is 4.90 Å². The number of carbonyl (C=O) groups excluding carboxylic acids is 1. The van der Waals surface area contributed by atoms with Gasteiger partial charge in [-0.2, -0.15) is 0 Å². The molecule has 0 aromatic carbocycles. The molecule has 10 heteroatoms. The van der Waals surface area contributed by atoms with Crippen molar-refractivity contribution in [1.29, 1.82) is 0 Å². The van der Waals surface area contributed by atoms with Gasteiger partial charge < -0.3 is 19.7 Å². The lowest BCUT2D eigenvalue weighted by atomic mass is 9.97. The minimum Gasteiger partial charge on any atom is -0.466 e. The van der Waals surface area contributed by atoms with Gasteiger partial charge in [-0.05, 0) is 32.6 Å². The van der Waals surface area contributed by atoms with E-state index in [0.717, 1.165) is 19.4 Å². The van der Waals surface area contributed by atoms with Gasteiger partial charge in [-0.15, -0.1) is 0 Å². The highest BCUT2D eigenvalue weighted by molar-refractivity contribution is 5.74. The van der Waals surface area contributed by atoms with E-state index in [4.69, 9.17) is 9.47 Å². The molecule has 3 heterocycles. The lowest BCUT2D eigenvalue weighted by Crippen LogP contribution is -2.38. The minimum atomic E-state index is -0.454. The highest BCUT2D eigenvalue weighted by Crippen LogP contribution is 2.34. The molecule has 0 amide bonds. The van der Waals surface area contributed by atoms with Crippen LogP contribution in [0.3, 0.4) is 0 Å². The number of anilines is 2. The summed E-state index contributed by atoms with van der Waals surface area (Å²) in [6.45, 7) is 4.35. The molecular weight excluding hydrogens is 354 g/mol. The summed E-state index contributed by atoms with van der Waals surface area (Å²) in [5.74, 6) is 0.118. The van der Waals surface area contributed by atoms with E-state index in [0.29, 0.717) is 39.1 Å². The molecule has 10 nitrogen and oxygen atoms in total. The van der Waals surface area contributed by atoms with Gasteiger partial charge in [-0.25, -0.2) is 9.97 Å². The van der Waals surface area contributed by atoms with Gasteiger partial charge in [0, 0.05) is 26.2 Å². The summed E-state index contributed by atoms with van der Waals surface area (Å²) in [4.78, 5) is 33.2. The highest BCUT2D eigenvalue weighted by atomic mass is 16.6. The van der Waals surface area contributed by atoms with Gasteiger partial charge in [0.15, 0.2) is 0 Å². The van der Waals surface area contributed by atoms with Gasteiger partial charge in [0.25, 0.3) is 0 Å². The van der Waals surface area contributed by atoms with E-state index in [1.54, 1.807) is 6.92 Å². The van der Waals surface area contributed by atoms with Crippen LogP contribution in [0.4, 0.5) is 17.3 Å². The van der Waals surface area contributed by atoms with Crippen LogP contribution >= 0.6 is 0 Å². The third-order valence-corrected chi connectivity index (χ3v) is 4.92. The average molecular weight is 379 g/mol. The first kappa shape index (κ1) is 19.3. The summed E-state index contributed by atoms with van der Waals surface area (Å²) in [7, 11) is 0. The van der Waals surface area contributed by atoms with E-state index in [2.05, 4.69) is 15.3 Å². The summed E-state index contributed by atoms with van der Waals surface area (Å²) < 4.78 is 10.6. The van der Waals surface area contributed by atoms with Crippen molar-refractivity contribution in [2.24, 2.45) is 5.92 Å². The molecule has 1 aromatic rings. The number of piperidine rings is 1. The first-order valence-electron chi connectivity index (χ1n) is 9.36. The molecule has 2 aliphatic rings. The molecule has 1 unspecified atom stereocenters. The number of rotatable bonds is 7. The zero-order valence-electron chi connectivity index (χ0n) is 15.4. The number of aromatic nitrogens is 2. The Kier molecular flexibility index (Phi) is 6.38. The highest BCUT2D eigenvalue weighted by Gasteiger charge is 2.32. The van der Waals surface area contributed by atoms with Crippen molar-refractivity contribution < 1.29 is 19.2 Å². The predicted octanol–water partition coefficient (Wildman–Crippen LogP) is 1.76.